The van der Waals surface area contributed by atoms with Crippen molar-refractivity contribution in [2.24, 2.45) is 0 Å². The number of nitrogens with zero attached hydrogens (tertiary/aromatic N) is 1. The number of pyridine rings is 1. The third-order valence-corrected chi connectivity index (χ3v) is 2.87. The van der Waals surface area contributed by atoms with Crippen LogP contribution in [0.4, 0.5) is 13.2 Å². The van der Waals surface area contributed by atoms with E-state index in [9.17, 15) is 18.4 Å². The topological polar surface area (TPSA) is 26.9 Å². The van der Waals surface area contributed by atoms with Gasteiger partial charge in [-0.1, -0.05) is 0 Å². The van der Waals surface area contributed by atoms with Crippen LogP contribution >= 0.6 is 15.9 Å². The maximum atomic E-state index is 12.4. The van der Waals surface area contributed by atoms with Gasteiger partial charge in [-0.05, 0) is 28.1 Å². The molecular formula is C10H5BrF3NO. The molecule has 0 fully saturated rings. The minimum absolute atomic E-state index is 0.01000. The summed E-state index contributed by atoms with van der Waals surface area (Å²) in [6, 6.07) is 4.55. The first kappa shape index (κ1) is 11.2. The van der Waals surface area contributed by atoms with Crippen LogP contribution in [0.5, 0.6) is 0 Å². The van der Waals surface area contributed by atoms with Gasteiger partial charge in [0.05, 0.1) is 10.9 Å². The molecule has 1 heterocycles. The summed E-state index contributed by atoms with van der Waals surface area (Å²) < 4.78 is 38.3. The van der Waals surface area contributed by atoms with E-state index in [4.69, 9.17) is 0 Å². The largest absolute Gasteiger partial charge is 0.618 e. The van der Waals surface area contributed by atoms with Crippen LogP contribution in [-0.2, 0) is 6.18 Å². The Balaban J connectivity index is 2.76. The molecule has 1 aromatic carbocycles. The predicted octanol–water partition coefficient (Wildman–Crippen LogP) is 3.25. The number of hydrogen-bond donors (Lipinski definition) is 0. The van der Waals surface area contributed by atoms with E-state index in [1.165, 1.54) is 12.1 Å². The number of aromatic nitrogens is 1. The lowest BCUT2D eigenvalue weighted by Crippen LogP contribution is -2.26. The average molecular weight is 292 g/mol. The summed E-state index contributed by atoms with van der Waals surface area (Å²) in [6.45, 7) is 0. The van der Waals surface area contributed by atoms with Crippen molar-refractivity contribution in [3.8, 4) is 0 Å². The number of hydrogen-bond acceptors (Lipinski definition) is 1. The van der Waals surface area contributed by atoms with Crippen molar-refractivity contribution in [2.75, 3.05) is 0 Å². The van der Waals surface area contributed by atoms with Crippen LogP contribution in [0.15, 0.2) is 34.9 Å². The monoisotopic (exact) mass is 291 g/mol. The fourth-order valence-corrected chi connectivity index (χ4v) is 1.85. The van der Waals surface area contributed by atoms with Crippen LogP contribution in [0.25, 0.3) is 10.9 Å². The number of alkyl halides is 3. The smallest absolute Gasteiger partial charge is 0.416 e. The molecule has 84 valence electrons. The van der Waals surface area contributed by atoms with E-state index >= 15 is 0 Å². The van der Waals surface area contributed by atoms with Crippen molar-refractivity contribution in [2.45, 2.75) is 6.18 Å². The maximum Gasteiger partial charge on any atom is 0.416 e. The van der Waals surface area contributed by atoms with Crippen molar-refractivity contribution < 1.29 is 17.9 Å². The SMILES string of the molecule is [O-][n+]1ccc(Br)c2ccc(C(F)(F)F)cc21. The van der Waals surface area contributed by atoms with Gasteiger partial charge >= 0.3 is 6.18 Å². The molecule has 0 aliphatic rings. The summed E-state index contributed by atoms with van der Waals surface area (Å²) in [5, 5.41) is 11.8. The van der Waals surface area contributed by atoms with E-state index in [0.717, 1.165) is 18.3 Å². The third kappa shape index (κ3) is 1.84. The number of rotatable bonds is 0. The first-order chi connectivity index (χ1) is 7.39. The van der Waals surface area contributed by atoms with Gasteiger partial charge in [0.1, 0.15) is 0 Å². The second-order valence-corrected chi connectivity index (χ2v) is 4.07. The lowest BCUT2D eigenvalue weighted by atomic mass is 10.1. The number of benzene rings is 1. The van der Waals surface area contributed by atoms with Crippen LogP contribution in [0.1, 0.15) is 5.56 Å². The van der Waals surface area contributed by atoms with Crippen molar-refractivity contribution in [1.29, 1.82) is 0 Å². The lowest BCUT2D eigenvalue weighted by Gasteiger charge is -2.08. The molecule has 2 nitrogen and oxygen atoms in total. The van der Waals surface area contributed by atoms with Crippen LogP contribution in [0.2, 0.25) is 0 Å². The van der Waals surface area contributed by atoms with Crippen LogP contribution in [0, 0.1) is 5.21 Å². The van der Waals surface area contributed by atoms with Gasteiger partial charge in [-0.3, -0.25) is 0 Å². The van der Waals surface area contributed by atoms with Crippen molar-refractivity contribution >= 4 is 26.8 Å². The average Bonchev–Trinajstić information content (AvgIpc) is 2.22. The summed E-state index contributed by atoms with van der Waals surface area (Å²) in [4.78, 5) is 0. The van der Waals surface area contributed by atoms with E-state index < -0.39 is 11.7 Å². The lowest BCUT2D eigenvalue weighted by molar-refractivity contribution is -0.577. The standard InChI is InChI=1S/C10H5BrF3NO/c11-8-3-4-15(16)9-5-6(10(12,13)14)1-2-7(8)9/h1-5H. The van der Waals surface area contributed by atoms with Gasteiger partial charge in [-0.15, -0.1) is 0 Å². The molecule has 2 aromatic rings. The molecule has 0 radical (unpaired) electrons. The van der Waals surface area contributed by atoms with Gasteiger partial charge in [0.25, 0.3) is 0 Å². The summed E-state index contributed by atoms with van der Waals surface area (Å²) in [5.41, 5.74) is -0.841. The fourth-order valence-electron chi connectivity index (χ4n) is 1.40. The molecule has 0 aliphatic heterocycles. The summed E-state index contributed by atoms with van der Waals surface area (Å²) in [5.74, 6) is 0. The summed E-state index contributed by atoms with van der Waals surface area (Å²) in [7, 11) is 0. The molecule has 2 rings (SSSR count). The zero-order chi connectivity index (χ0) is 11.9. The first-order valence-electron chi connectivity index (χ1n) is 4.28. The molecule has 6 heteroatoms. The van der Waals surface area contributed by atoms with E-state index in [1.807, 2.05) is 0 Å². The van der Waals surface area contributed by atoms with E-state index in [2.05, 4.69) is 15.9 Å². The van der Waals surface area contributed by atoms with E-state index in [1.54, 1.807) is 0 Å². The molecule has 16 heavy (non-hydrogen) atoms. The second kappa shape index (κ2) is 3.62. The molecule has 0 bridgehead atoms. The molecule has 0 saturated carbocycles. The Morgan fingerprint density at radius 3 is 2.50 bits per heavy atom. The molecule has 0 aliphatic carbocycles. The second-order valence-electron chi connectivity index (χ2n) is 3.22. The Morgan fingerprint density at radius 1 is 1.19 bits per heavy atom. The Kier molecular flexibility index (Phi) is 2.53. The molecule has 0 saturated heterocycles. The van der Waals surface area contributed by atoms with E-state index in [-0.39, 0.29) is 5.52 Å². The zero-order valence-electron chi connectivity index (χ0n) is 7.75. The van der Waals surface area contributed by atoms with Crippen LogP contribution < -0.4 is 4.73 Å². The fraction of sp³-hybridized carbons (Fsp3) is 0.100. The third-order valence-electron chi connectivity index (χ3n) is 2.18. The molecule has 0 atom stereocenters. The predicted molar refractivity (Wildman–Crippen MR) is 55.6 cm³/mol. The highest BCUT2D eigenvalue weighted by Crippen LogP contribution is 2.32. The highest BCUT2D eigenvalue weighted by Gasteiger charge is 2.31. The normalized spacial score (nSPS) is 12.0. The van der Waals surface area contributed by atoms with Gasteiger partial charge in [0.15, 0.2) is 6.20 Å². The first-order valence-corrected chi connectivity index (χ1v) is 5.07. The molecular weight excluding hydrogens is 287 g/mol. The Labute approximate surface area is 97.0 Å². The highest BCUT2D eigenvalue weighted by atomic mass is 79.9. The summed E-state index contributed by atoms with van der Waals surface area (Å²) in [6.07, 6.45) is -3.28. The Hall–Kier alpha value is -1.30. The van der Waals surface area contributed by atoms with Crippen LogP contribution in [0.3, 0.4) is 0 Å². The Morgan fingerprint density at radius 2 is 1.88 bits per heavy atom. The Bertz CT molecular complexity index is 553. The molecule has 1 aromatic heterocycles. The van der Waals surface area contributed by atoms with E-state index in [0.29, 0.717) is 14.6 Å². The molecule has 0 spiro atoms. The van der Waals surface area contributed by atoms with Gasteiger partial charge in [-0.2, -0.15) is 17.9 Å². The minimum Gasteiger partial charge on any atom is -0.618 e. The number of halogens is 4. The number of fused-ring (bicyclic) bond motifs is 1. The van der Waals surface area contributed by atoms with Gasteiger partial charge in [-0.25, -0.2) is 0 Å². The molecule has 0 amide bonds. The van der Waals surface area contributed by atoms with Crippen molar-refractivity contribution in [1.82, 2.24) is 0 Å². The van der Waals surface area contributed by atoms with Gasteiger partial charge < -0.3 is 5.21 Å². The van der Waals surface area contributed by atoms with Crippen molar-refractivity contribution in [3.05, 3.63) is 45.7 Å². The zero-order valence-corrected chi connectivity index (χ0v) is 9.34. The molecule has 0 unspecified atom stereocenters. The van der Waals surface area contributed by atoms with Gasteiger partial charge in [0, 0.05) is 16.6 Å². The highest BCUT2D eigenvalue weighted by molar-refractivity contribution is 9.10. The van der Waals surface area contributed by atoms with Gasteiger partial charge in [0.2, 0.25) is 5.52 Å². The minimum atomic E-state index is -4.44. The maximum absolute atomic E-state index is 12.4. The molecule has 0 N–H and O–H groups in total. The van der Waals surface area contributed by atoms with Crippen molar-refractivity contribution in [3.63, 3.8) is 0 Å². The van der Waals surface area contributed by atoms with Crippen LogP contribution in [-0.4, -0.2) is 0 Å². The summed E-state index contributed by atoms with van der Waals surface area (Å²) >= 11 is 3.17. The quantitative estimate of drug-likeness (QED) is 0.541.